The topological polar surface area (TPSA) is 35.2 Å². The summed E-state index contributed by atoms with van der Waals surface area (Å²) in [7, 11) is 0. The fraction of sp³-hybridized carbons (Fsp3) is 0.500. The normalized spacial score (nSPS) is 18.0. The molecule has 0 aliphatic carbocycles. The highest BCUT2D eigenvalue weighted by Gasteiger charge is 2.23. The van der Waals surface area contributed by atoms with Crippen LogP contribution in [0.25, 0.3) is 10.9 Å². The molecule has 0 amide bonds. The summed E-state index contributed by atoms with van der Waals surface area (Å²) < 4.78 is 35.6. The number of nitrogens with zero attached hydrogens (tertiary/aromatic N) is 4. The second-order valence-corrected chi connectivity index (χ2v) is 8.10. The minimum atomic E-state index is -2.36. The molecule has 7 heteroatoms. The van der Waals surface area contributed by atoms with E-state index in [1.54, 1.807) is 10.8 Å². The minimum absolute atomic E-state index is 0.155. The molecule has 2 aliphatic rings. The first kappa shape index (κ1) is 18.6. The molecule has 29 heavy (non-hydrogen) atoms. The van der Waals surface area contributed by atoms with Gasteiger partial charge in [-0.05, 0) is 49.9 Å². The number of ether oxygens (including phenoxy) is 1. The number of aromatic nitrogens is 3. The molecule has 154 valence electrons. The number of aryl methyl sites for hydroxylation is 2. The fourth-order valence-corrected chi connectivity index (χ4v) is 4.60. The van der Waals surface area contributed by atoms with Crippen molar-refractivity contribution in [3.8, 4) is 5.75 Å². The lowest BCUT2D eigenvalue weighted by molar-refractivity contribution is 0.0971. The Morgan fingerprint density at radius 3 is 2.79 bits per heavy atom. The third-order valence-electron chi connectivity index (χ3n) is 6.04. The van der Waals surface area contributed by atoms with Crippen molar-refractivity contribution in [2.45, 2.75) is 57.8 Å². The smallest absolute Gasteiger partial charge is 0.256 e. The summed E-state index contributed by atoms with van der Waals surface area (Å²) in [6.45, 7) is 3.63. The lowest BCUT2D eigenvalue weighted by Crippen LogP contribution is -2.37. The van der Waals surface area contributed by atoms with Gasteiger partial charge < -0.3 is 9.30 Å². The van der Waals surface area contributed by atoms with Crippen LogP contribution >= 0.6 is 0 Å². The molecule has 1 aromatic carbocycles. The molecule has 0 N–H and O–H groups in total. The van der Waals surface area contributed by atoms with Gasteiger partial charge in [-0.25, -0.2) is 8.78 Å². The van der Waals surface area contributed by atoms with Crippen LogP contribution in [-0.2, 0) is 26.1 Å². The van der Waals surface area contributed by atoms with E-state index in [1.807, 2.05) is 24.3 Å². The largest absolute Gasteiger partial charge is 0.490 e. The standard InChI is InChI=1S/C22H26F2N4O/c23-22(24)15-27-12-8-19-20(27)4-1-5-21(19)29-18-6-10-26(11-7-18)14-16-13-17-3-2-9-28(17)25-16/h1,4-5,8,12-13,18,22H,2-3,6-7,9-11,14-15H2. The van der Waals surface area contributed by atoms with Crippen LogP contribution in [-0.4, -0.2) is 44.9 Å². The Bertz CT molecular complexity index is 967. The summed E-state index contributed by atoms with van der Waals surface area (Å²) in [6.07, 6.45) is 3.79. The highest BCUT2D eigenvalue weighted by atomic mass is 19.3. The summed E-state index contributed by atoms with van der Waals surface area (Å²) in [5.74, 6) is 0.791. The maximum absolute atomic E-state index is 12.8. The SMILES string of the molecule is FC(F)Cn1ccc2c(OC3CCN(Cc4cc5n(n4)CCC5)CC3)cccc21. The molecule has 0 saturated carbocycles. The van der Waals surface area contributed by atoms with Crippen LogP contribution in [0, 0.1) is 0 Å². The quantitative estimate of drug-likeness (QED) is 0.625. The van der Waals surface area contributed by atoms with Crippen molar-refractivity contribution in [2.24, 2.45) is 0 Å². The molecule has 2 aliphatic heterocycles. The van der Waals surface area contributed by atoms with Crippen LogP contribution < -0.4 is 4.74 Å². The van der Waals surface area contributed by atoms with Gasteiger partial charge in [0.25, 0.3) is 6.43 Å². The summed E-state index contributed by atoms with van der Waals surface area (Å²) in [5, 5.41) is 5.62. The predicted molar refractivity (Wildman–Crippen MR) is 107 cm³/mol. The molecule has 0 radical (unpaired) electrons. The second-order valence-electron chi connectivity index (χ2n) is 8.10. The van der Waals surface area contributed by atoms with Gasteiger partial charge in [0.15, 0.2) is 0 Å². The lowest BCUT2D eigenvalue weighted by Gasteiger charge is -2.31. The van der Waals surface area contributed by atoms with Gasteiger partial charge in [-0.1, -0.05) is 6.07 Å². The highest BCUT2D eigenvalue weighted by Crippen LogP contribution is 2.30. The summed E-state index contributed by atoms with van der Waals surface area (Å²) in [5.41, 5.74) is 3.34. The number of alkyl halides is 2. The molecule has 1 fully saturated rings. The van der Waals surface area contributed by atoms with E-state index in [4.69, 9.17) is 9.84 Å². The van der Waals surface area contributed by atoms with E-state index in [9.17, 15) is 8.78 Å². The molecule has 5 nitrogen and oxygen atoms in total. The van der Waals surface area contributed by atoms with Crippen LogP contribution in [0.2, 0.25) is 0 Å². The van der Waals surface area contributed by atoms with Gasteiger partial charge in [0, 0.05) is 43.5 Å². The van der Waals surface area contributed by atoms with Crippen LogP contribution in [0.4, 0.5) is 8.78 Å². The van der Waals surface area contributed by atoms with E-state index in [-0.39, 0.29) is 12.6 Å². The van der Waals surface area contributed by atoms with Crippen molar-refractivity contribution in [2.75, 3.05) is 13.1 Å². The number of rotatable bonds is 6. The maximum Gasteiger partial charge on any atom is 0.256 e. The van der Waals surface area contributed by atoms with E-state index in [0.29, 0.717) is 0 Å². The van der Waals surface area contributed by atoms with Crippen LogP contribution in [0.5, 0.6) is 5.75 Å². The molecule has 0 bridgehead atoms. The van der Waals surface area contributed by atoms with Crippen LogP contribution in [0.1, 0.15) is 30.7 Å². The first-order valence-electron chi connectivity index (χ1n) is 10.5. The van der Waals surface area contributed by atoms with Crippen molar-refractivity contribution in [3.05, 3.63) is 47.9 Å². The Hall–Kier alpha value is -2.41. The van der Waals surface area contributed by atoms with Gasteiger partial charge >= 0.3 is 0 Å². The van der Waals surface area contributed by atoms with Gasteiger partial charge in [-0.2, -0.15) is 5.10 Å². The average molecular weight is 400 g/mol. The van der Waals surface area contributed by atoms with Crippen molar-refractivity contribution in [3.63, 3.8) is 0 Å². The zero-order chi connectivity index (χ0) is 19.8. The maximum atomic E-state index is 12.8. The number of hydrogen-bond acceptors (Lipinski definition) is 3. The number of hydrogen-bond donors (Lipinski definition) is 0. The number of benzene rings is 1. The van der Waals surface area contributed by atoms with Gasteiger partial charge in [0.05, 0.1) is 17.8 Å². The van der Waals surface area contributed by atoms with E-state index >= 15 is 0 Å². The predicted octanol–water partition coefficient (Wildman–Crippen LogP) is 4.09. The first-order valence-corrected chi connectivity index (χ1v) is 10.5. The van der Waals surface area contributed by atoms with Crippen molar-refractivity contribution < 1.29 is 13.5 Å². The fourth-order valence-electron chi connectivity index (χ4n) is 4.60. The van der Waals surface area contributed by atoms with Gasteiger partial charge in [-0.15, -0.1) is 0 Å². The Balaban J connectivity index is 1.20. The Morgan fingerprint density at radius 2 is 2.00 bits per heavy atom. The second kappa shape index (κ2) is 7.78. The molecular formula is C22H26F2N4O. The highest BCUT2D eigenvalue weighted by molar-refractivity contribution is 5.86. The zero-order valence-corrected chi connectivity index (χ0v) is 16.4. The number of halogens is 2. The molecule has 1 saturated heterocycles. The number of fused-ring (bicyclic) bond motifs is 2. The molecule has 2 aromatic heterocycles. The average Bonchev–Trinajstić information content (AvgIpc) is 3.39. The monoisotopic (exact) mass is 400 g/mol. The van der Waals surface area contributed by atoms with E-state index in [2.05, 4.69) is 15.6 Å². The van der Waals surface area contributed by atoms with Crippen molar-refractivity contribution >= 4 is 10.9 Å². The van der Waals surface area contributed by atoms with E-state index in [0.717, 1.165) is 62.1 Å². The number of piperidine rings is 1. The van der Waals surface area contributed by atoms with Gasteiger partial charge in [0.1, 0.15) is 11.9 Å². The first-order chi connectivity index (χ1) is 14.2. The summed E-state index contributed by atoms with van der Waals surface area (Å²) in [6, 6.07) is 9.82. The Kier molecular flexibility index (Phi) is 4.99. The third-order valence-corrected chi connectivity index (χ3v) is 6.04. The van der Waals surface area contributed by atoms with Crippen LogP contribution in [0.15, 0.2) is 36.5 Å². The molecule has 0 atom stereocenters. The van der Waals surface area contributed by atoms with Gasteiger partial charge in [-0.3, -0.25) is 9.58 Å². The summed E-state index contributed by atoms with van der Waals surface area (Å²) >= 11 is 0. The molecule has 4 heterocycles. The zero-order valence-electron chi connectivity index (χ0n) is 16.4. The molecule has 3 aromatic rings. The van der Waals surface area contributed by atoms with Crippen LogP contribution in [0.3, 0.4) is 0 Å². The lowest BCUT2D eigenvalue weighted by atomic mass is 10.1. The molecule has 0 spiro atoms. The molecular weight excluding hydrogens is 374 g/mol. The van der Waals surface area contributed by atoms with Crippen molar-refractivity contribution in [1.82, 2.24) is 19.2 Å². The molecule has 0 unspecified atom stereocenters. The third kappa shape index (κ3) is 3.88. The van der Waals surface area contributed by atoms with E-state index in [1.165, 1.54) is 17.8 Å². The van der Waals surface area contributed by atoms with Gasteiger partial charge in [0.2, 0.25) is 0 Å². The van der Waals surface area contributed by atoms with Crippen molar-refractivity contribution in [1.29, 1.82) is 0 Å². The van der Waals surface area contributed by atoms with E-state index < -0.39 is 6.43 Å². The number of likely N-dealkylation sites (tertiary alicyclic amines) is 1. The molecule has 5 rings (SSSR count). The Morgan fingerprint density at radius 1 is 1.14 bits per heavy atom. The Labute approximate surface area is 168 Å². The summed E-state index contributed by atoms with van der Waals surface area (Å²) in [4.78, 5) is 2.44. The minimum Gasteiger partial charge on any atom is -0.490 e.